The summed E-state index contributed by atoms with van der Waals surface area (Å²) >= 11 is 0. The molecule has 0 aromatic heterocycles. The van der Waals surface area contributed by atoms with Crippen LogP contribution in [0.3, 0.4) is 0 Å². The molecule has 0 radical (unpaired) electrons. The molecule has 2 fully saturated rings. The van der Waals surface area contributed by atoms with E-state index in [4.69, 9.17) is 9.47 Å². The van der Waals surface area contributed by atoms with Crippen molar-refractivity contribution in [3.8, 4) is 5.75 Å². The van der Waals surface area contributed by atoms with Crippen molar-refractivity contribution in [2.75, 3.05) is 40.0 Å². The molecule has 1 aromatic carbocycles. The summed E-state index contributed by atoms with van der Waals surface area (Å²) in [5.74, 6) is -2.14. The standard InChI is InChI=1S/C18H24F2N2O3/c1-13-4-3-5-16(6-13)25-11-17(23)21-8-15(9-21)22-12-18(19,20)7-14(22)10-24-2/h3-6,14-15H,7-12H2,1-2H3/t14-/m0/s1. The monoisotopic (exact) mass is 354 g/mol. The van der Waals surface area contributed by atoms with Gasteiger partial charge in [0, 0.05) is 38.7 Å². The summed E-state index contributed by atoms with van der Waals surface area (Å²) in [5, 5.41) is 0. The van der Waals surface area contributed by atoms with Crippen molar-refractivity contribution in [2.45, 2.75) is 31.4 Å². The van der Waals surface area contributed by atoms with Gasteiger partial charge in [0.25, 0.3) is 11.8 Å². The van der Waals surface area contributed by atoms with Crippen molar-refractivity contribution >= 4 is 5.91 Å². The Morgan fingerprint density at radius 2 is 2.12 bits per heavy atom. The van der Waals surface area contributed by atoms with Gasteiger partial charge in [-0.15, -0.1) is 0 Å². The molecule has 2 saturated heterocycles. The third-order valence-corrected chi connectivity index (χ3v) is 4.81. The number of alkyl halides is 2. The number of likely N-dealkylation sites (tertiary alicyclic amines) is 2. The average molecular weight is 354 g/mol. The van der Waals surface area contributed by atoms with Crippen LogP contribution in [0.25, 0.3) is 0 Å². The summed E-state index contributed by atoms with van der Waals surface area (Å²) < 4.78 is 38.0. The highest BCUT2D eigenvalue weighted by Gasteiger charge is 2.50. The van der Waals surface area contributed by atoms with Gasteiger partial charge in [0.2, 0.25) is 0 Å². The first-order chi connectivity index (χ1) is 11.9. The molecule has 3 rings (SSSR count). The molecule has 2 heterocycles. The predicted molar refractivity (Wildman–Crippen MR) is 89.0 cm³/mol. The molecule has 1 amide bonds. The first-order valence-corrected chi connectivity index (χ1v) is 8.48. The van der Waals surface area contributed by atoms with Gasteiger partial charge < -0.3 is 14.4 Å². The molecular weight excluding hydrogens is 330 g/mol. The zero-order valence-electron chi connectivity index (χ0n) is 14.6. The van der Waals surface area contributed by atoms with Crippen LogP contribution in [0.4, 0.5) is 8.78 Å². The number of amides is 1. The van der Waals surface area contributed by atoms with Crippen LogP contribution >= 0.6 is 0 Å². The molecule has 0 spiro atoms. The van der Waals surface area contributed by atoms with E-state index in [0.717, 1.165) is 5.56 Å². The first kappa shape index (κ1) is 18.1. The molecule has 25 heavy (non-hydrogen) atoms. The highest BCUT2D eigenvalue weighted by atomic mass is 19.3. The molecule has 0 aliphatic carbocycles. The molecule has 0 unspecified atom stereocenters. The highest BCUT2D eigenvalue weighted by molar-refractivity contribution is 5.78. The Morgan fingerprint density at radius 3 is 2.80 bits per heavy atom. The van der Waals surface area contributed by atoms with Crippen molar-refractivity contribution < 1.29 is 23.0 Å². The largest absolute Gasteiger partial charge is 0.484 e. The van der Waals surface area contributed by atoms with E-state index in [-0.39, 0.29) is 44.2 Å². The number of methoxy groups -OCH3 is 1. The van der Waals surface area contributed by atoms with Crippen LogP contribution in [0.5, 0.6) is 5.75 Å². The Bertz CT molecular complexity index is 620. The van der Waals surface area contributed by atoms with E-state index in [1.165, 1.54) is 7.11 Å². The van der Waals surface area contributed by atoms with Gasteiger partial charge in [-0.3, -0.25) is 9.69 Å². The average Bonchev–Trinajstić information content (AvgIpc) is 2.79. The number of hydrogen-bond acceptors (Lipinski definition) is 4. The van der Waals surface area contributed by atoms with Crippen molar-refractivity contribution in [1.82, 2.24) is 9.80 Å². The number of ether oxygens (including phenoxy) is 2. The Hall–Kier alpha value is -1.73. The summed E-state index contributed by atoms with van der Waals surface area (Å²) in [4.78, 5) is 15.6. The van der Waals surface area contributed by atoms with Crippen molar-refractivity contribution in [3.63, 3.8) is 0 Å². The van der Waals surface area contributed by atoms with Crippen molar-refractivity contribution in [2.24, 2.45) is 0 Å². The van der Waals surface area contributed by atoms with Gasteiger partial charge >= 0.3 is 0 Å². The maximum Gasteiger partial charge on any atom is 0.262 e. The lowest BCUT2D eigenvalue weighted by Crippen LogP contribution is -2.63. The van der Waals surface area contributed by atoms with Gasteiger partial charge in [-0.25, -0.2) is 8.78 Å². The van der Waals surface area contributed by atoms with Gasteiger partial charge in [0.1, 0.15) is 5.75 Å². The molecule has 0 saturated carbocycles. The van der Waals surface area contributed by atoms with Gasteiger partial charge in [0.15, 0.2) is 6.61 Å². The number of hydrogen-bond donors (Lipinski definition) is 0. The van der Waals surface area contributed by atoms with E-state index in [1.54, 1.807) is 15.9 Å². The first-order valence-electron chi connectivity index (χ1n) is 8.48. The Labute approximate surface area is 146 Å². The number of nitrogens with zero attached hydrogens (tertiary/aromatic N) is 2. The number of carbonyl (C=O) groups is 1. The fraction of sp³-hybridized carbons (Fsp3) is 0.611. The second-order valence-corrected chi connectivity index (χ2v) is 6.90. The van der Waals surface area contributed by atoms with Gasteiger partial charge in [-0.1, -0.05) is 12.1 Å². The summed E-state index contributed by atoms with van der Waals surface area (Å²) in [7, 11) is 1.52. The molecule has 1 atom stereocenters. The van der Waals surface area contributed by atoms with Crippen LogP contribution < -0.4 is 4.74 Å². The van der Waals surface area contributed by atoms with Crippen LogP contribution in [0.2, 0.25) is 0 Å². The van der Waals surface area contributed by atoms with E-state index in [2.05, 4.69) is 0 Å². The lowest BCUT2D eigenvalue weighted by Gasteiger charge is -2.45. The van der Waals surface area contributed by atoms with E-state index < -0.39 is 5.92 Å². The molecule has 138 valence electrons. The van der Waals surface area contributed by atoms with Gasteiger partial charge in [0.05, 0.1) is 13.2 Å². The number of benzene rings is 1. The van der Waals surface area contributed by atoms with Crippen LogP contribution in [0, 0.1) is 6.92 Å². The SMILES string of the molecule is COC[C@@H]1CC(F)(F)CN1C1CN(C(=O)COc2cccc(C)c2)C1. The van der Waals surface area contributed by atoms with Gasteiger partial charge in [-0.05, 0) is 24.6 Å². The van der Waals surface area contributed by atoms with Crippen molar-refractivity contribution in [1.29, 1.82) is 0 Å². The van der Waals surface area contributed by atoms with E-state index in [1.807, 2.05) is 25.1 Å². The predicted octanol–water partition coefficient (Wildman–Crippen LogP) is 1.94. The van der Waals surface area contributed by atoms with Crippen LogP contribution in [0.1, 0.15) is 12.0 Å². The molecule has 5 nitrogen and oxygen atoms in total. The second-order valence-electron chi connectivity index (χ2n) is 6.90. The minimum absolute atomic E-state index is 0.0311. The smallest absolute Gasteiger partial charge is 0.262 e. The third kappa shape index (κ3) is 4.27. The number of aryl methyl sites for hydroxylation is 1. The zero-order chi connectivity index (χ0) is 18.0. The normalized spacial score (nSPS) is 23.5. The summed E-state index contributed by atoms with van der Waals surface area (Å²) in [6.45, 7) is 2.88. The quantitative estimate of drug-likeness (QED) is 0.783. The lowest BCUT2D eigenvalue weighted by atomic mass is 10.1. The molecule has 7 heteroatoms. The minimum atomic E-state index is -2.68. The molecule has 0 N–H and O–H groups in total. The summed E-state index contributed by atoms with van der Waals surface area (Å²) in [6, 6.07) is 7.19. The maximum atomic E-state index is 13.7. The van der Waals surface area contributed by atoms with Crippen molar-refractivity contribution in [3.05, 3.63) is 29.8 Å². The number of halogens is 2. The molecule has 1 aromatic rings. The zero-order valence-corrected chi connectivity index (χ0v) is 14.6. The van der Waals surface area contributed by atoms with Crippen LogP contribution in [-0.4, -0.2) is 73.7 Å². The summed E-state index contributed by atoms with van der Waals surface area (Å²) in [6.07, 6.45) is -0.179. The van der Waals surface area contributed by atoms with E-state index in [9.17, 15) is 13.6 Å². The second kappa shape index (κ2) is 7.25. The van der Waals surface area contributed by atoms with Crippen LogP contribution in [0.15, 0.2) is 24.3 Å². The van der Waals surface area contributed by atoms with Crippen LogP contribution in [-0.2, 0) is 9.53 Å². The van der Waals surface area contributed by atoms with E-state index in [0.29, 0.717) is 18.8 Å². The third-order valence-electron chi connectivity index (χ3n) is 4.81. The Morgan fingerprint density at radius 1 is 1.36 bits per heavy atom. The lowest BCUT2D eigenvalue weighted by molar-refractivity contribution is -0.141. The molecule has 0 bridgehead atoms. The Balaban J connectivity index is 1.47. The number of carbonyl (C=O) groups excluding carboxylic acids is 1. The minimum Gasteiger partial charge on any atom is -0.484 e. The summed E-state index contributed by atoms with van der Waals surface area (Å²) in [5.41, 5.74) is 1.06. The molecular formula is C18H24F2N2O3. The fourth-order valence-corrected chi connectivity index (χ4v) is 3.51. The highest BCUT2D eigenvalue weighted by Crippen LogP contribution is 2.35. The molecule has 2 aliphatic rings. The topological polar surface area (TPSA) is 42.0 Å². The number of rotatable bonds is 6. The maximum absolute atomic E-state index is 13.7. The van der Waals surface area contributed by atoms with E-state index >= 15 is 0 Å². The Kier molecular flexibility index (Phi) is 5.24. The molecule has 2 aliphatic heterocycles. The van der Waals surface area contributed by atoms with Gasteiger partial charge in [-0.2, -0.15) is 0 Å². The fourth-order valence-electron chi connectivity index (χ4n) is 3.51.